The number of aromatic hydroxyl groups is 1. The molecule has 22 nitrogen and oxygen atoms in total. The Labute approximate surface area is 346 Å². The Kier molecular flexibility index (Phi) is 22.3. The van der Waals surface area contributed by atoms with Crippen LogP contribution in [-0.4, -0.2) is 122 Å². The molecule has 0 heterocycles. The van der Waals surface area contributed by atoms with Gasteiger partial charge in [0.1, 0.15) is 36.0 Å². The molecule has 7 amide bonds. The van der Waals surface area contributed by atoms with Crippen molar-refractivity contribution in [2.45, 2.75) is 122 Å². The summed E-state index contributed by atoms with van der Waals surface area (Å²) in [7, 11) is 0. The average molecular weight is 851 g/mol. The second-order valence-corrected chi connectivity index (χ2v) is 14.4. The van der Waals surface area contributed by atoms with Gasteiger partial charge in [0, 0.05) is 25.7 Å². The SMILES string of the molecule is CC[C@H](C)[C@H](NC(=O)[C@H](CCC(N)=O)NC(=O)[C@@H](NC(=O)[C@H](Cc1ccc(O)cc1)NC(=O)CNC(=O)[C@H](CCC(=O)O)NC(=O)[C@@H](N)CCC(=O)O)[C@@H](C)CC)C(=O)O. The Bertz CT molecular complexity index is 1690. The number of nitrogens with one attached hydrogen (secondary N) is 6. The predicted molar refractivity (Wildman–Crippen MR) is 211 cm³/mol. The van der Waals surface area contributed by atoms with Gasteiger partial charge in [-0.1, -0.05) is 52.7 Å². The minimum absolute atomic E-state index is 0.0962. The Morgan fingerprint density at radius 3 is 1.62 bits per heavy atom. The smallest absolute Gasteiger partial charge is 0.326 e. The number of hydrogen-bond donors (Lipinski definition) is 12. The molecular formula is C38H58N8O14. The fourth-order valence-electron chi connectivity index (χ4n) is 5.55. The minimum atomic E-state index is -1.50. The predicted octanol–water partition coefficient (Wildman–Crippen LogP) is -2.03. The maximum absolute atomic E-state index is 13.9. The molecule has 0 fully saturated rings. The van der Waals surface area contributed by atoms with E-state index in [0.717, 1.165) is 0 Å². The number of primary amides is 1. The van der Waals surface area contributed by atoms with Crippen molar-refractivity contribution in [3.8, 4) is 5.75 Å². The van der Waals surface area contributed by atoms with Crippen molar-refractivity contribution in [2.24, 2.45) is 23.3 Å². The molecule has 0 saturated carbocycles. The highest BCUT2D eigenvalue weighted by Crippen LogP contribution is 2.15. The molecule has 1 aromatic carbocycles. The van der Waals surface area contributed by atoms with Gasteiger partial charge in [-0.2, -0.15) is 0 Å². The highest BCUT2D eigenvalue weighted by Gasteiger charge is 2.35. The standard InChI is InChI=1S/C38H58N8O14/c1-5-19(3)31(37(58)44-25(12-14-27(40)48)35(56)46-32(38(59)60)20(4)6-2)45-36(57)26(17-21-7-9-22(47)10-8-21)42-28(49)18-41-34(55)24(13-16-30(52)53)43-33(54)23(39)11-15-29(50)51/h7-10,19-20,23-26,31-32,47H,5-6,11-18,39H2,1-4H3,(H2,40,48)(H,41,55)(H,42,49)(H,43,54)(H,44,58)(H,45,57)(H,46,56)(H,50,51)(H,52,53)(H,59,60)/t19-,20-,23-,24-,25-,26-,31-,32-/m0/s1. The lowest BCUT2D eigenvalue weighted by Gasteiger charge is -2.29. The zero-order valence-electron chi connectivity index (χ0n) is 34.0. The molecule has 0 aliphatic rings. The molecule has 0 spiro atoms. The first-order valence-corrected chi connectivity index (χ1v) is 19.4. The number of nitrogens with two attached hydrogens (primary N) is 2. The molecule has 0 aliphatic carbocycles. The molecule has 0 bridgehead atoms. The summed E-state index contributed by atoms with van der Waals surface area (Å²) in [6, 6.07) is -2.81. The van der Waals surface area contributed by atoms with Crippen molar-refractivity contribution in [1.82, 2.24) is 31.9 Å². The first kappa shape index (κ1) is 51.7. The molecule has 0 aromatic heterocycles. The number of hydrogen-bond acceptors (Lipinski definition) is 12. The Balaban J connectivity index is 3.32. The lowest BCUT2D eigenvalue weighted by molar-refractivity contribution is -0.144. The average Bonchev–Trinajstić information content (AvgIpc) is 3.19. The highest BCUT2D eigenvalue weighted by atomic mass is 16.4. The van der Waals surface area contributed by atoms with Gasteiger partial charge in [0.05, 0.1) is 12.6 Å². The Morgan fingerprint density at radius 1 is 0.600 bits per heavy atom. The van der Waals surface area contributed by atoms with Crippen LogP contribution in [0.4, 0.5) is 0 Å². The molecule has 0 unspecified atom stereocenters. The third kappa shape index (κ3) is 19.0. The van der Waals surface area contributed by atoms with Crippen LogP contribution < -0.4 is 43.4 Å². The number of carboxylic acids is 3. The molecule has 0 radical (unpaired) electrons. The summed E-state index contributed by atoms with van der Waals surface area (Å²) in [6.07, 6.45) is -1.89. The number of amides is 7. The summed E-state index contributed by atoms with van der Waals surface area (Å²) >= 11 is 0. The molecule has 0 saturated heterocycles. The molecule has 60 heavy (non-hydrogen) atoms. The van der Waals surface area contributed by atoms with E-state index in [1.807, 2.05) is 0 Å². The summed E-state index contributed by atoms with van der Waals surface area (Å²) < 4.78 is 0. The van der Waals surface area contributed by atoms with Crippen LogP contribution in [0.3, 0.4) is 0 Å². The van der Waals surface area contributed by atoms with Crippen molar-refractivity contribution in [1.29, 1.82) is 0 Å². The zero-order chi connectivity index (χ0) is 45.7. The van der Waals surface area contributed by atoms with Gasteiger partial charge in [0.2, 0.25) is 41.4 Å². The van der Waals surface area contributed by atoms with Crippen LogP contribution in [0.1, 0.15) is 84.6 Å². The van der Waals surface area contributed by atoms with E-state index in [4.69, 9.17) is 21.7 Å². The molecule has 0 aliphatic heterocycles. The lowest BCUT2D eigenvalue weighted by atomic mass is 9.96. The second-order valence-electron chi connectivity index (χ2n) is 14.4. The van der Waals surface area contributed by atoms with Gasteiger partial charge in [-0.25, -0.2) is 4.79 Å². The van der Waals surface area contributed by atoms with Gasteiger partial charge in [0.15, 0.2) is 0 Å². The van der Waals surface area contributed by atoms with E-state index in [1.54, 1.807) is 27.7 Å². The van der Waals surface area contributed by atoms with Crippen LogP contribution in [0.2, 0.25) is 0 Å². The van der Waals surface area contributed by atoms with Crippen molar-refractivity contribution in [3.05, 3.63) is 29.8 Å². The van der Waals surface area contributed by atoms with Gasteiger partial charge < -0.3 is 63.8 Å². The number of phenols is 1. The van der Waals surface area contributed by atoms with E-state index in [0.29, 0.717) is 18.4 Å². The highest BCUT2D eigenvalue weighted by molar-refractivity contribution is 5.96. The van der Waals surface area contributed by atoms with E-state index in [-0.39, 0.29) is 31.4 Å². The number of rotatable bonds is 28. The van der Waals surface area contributed by atoms with Gasteiger partial charge in [-0.15, -0.1) is 0 Å². The van der Waals surface area contributed by atoms with E-state index in [9.17, 15) is 58.2 Å². The molecule has 1 aromatic rings. The number of carbonyl (C=O) groups excluding carboxylic acids is 7. The van der Waals surface area contributed by atoms with Crippen LogP contribution in [-0.2, 0) is 54.4 Å². The number of carbonyl (C=O) groups is 10. The molecule has 334 valence electrons. The topological polar surface area (TPSA) is 376 Å². The summed E-state index contributed by atoms with van der Waals surface area (Å²) in [5.74, 6) is -11.4. The largest absolute Gasteiger partial charge is 0.508 e. The molecule has 14 N–H and O–H groups in total. The number of aliphatic carboxylic acids is 3. The van der Waals surface area contributed by atoms with E-state index >= 15 is 0 Å². The molecule has 1 rings (SSSR count). The first-order chi connectivity index (χ1) is 28.1. The van der Waals surface area contributed by atoms with Crippen molar-refractivity contribution < 1.29 is 68.4 Å². The van der Waals surface area contributed by atoms with Crippen LogP contribution in [0.5, 0.6) is 5.75 Å². The summed E-state index contributed by atoms with van der Waals surface area (Å²) in [5.41, 5.74) is 11.4. The van der Waals surface area contributed by atoms with Crippen LogP contribution >= 0.6 is 0 Å². The van der Waals surface area contributed by atoms with E-state index in [2.05, 4.69) is 31.9 Å². The normalized spacial score (nSPS) is 14.9. The van der Waals surface area contributed by atoms with Crippen molar-refractivity contribution in [3.63, 3.8) is 0 Å². The fourth-order valence-corrected chi connectivity index (χ4v) is 5.55. The number of phenolic OH excluding ortho intramolecular Hbond substituents is 1. The quantitative estimate of drug-likeness (QED) is 0.0433. The van der Waals surface area contributed by atoms with Crippen LogP contribution in [0, 0.1) is 11.8 Å². The minimum Gasteiger partial charge on any atom is -0.508 e. The third-order valence-electron chi connectivity index (χ3n) is 9.62. The first-order valence-electron chi connectivity index (χ1n) is 19.4. The second kappa shape index (κ2) is 25.9. The molecule has 22 heteroatoms. The Morgan fingerprint density at radius 2 is 1.08 bits per heavy atom. The van der Waals surface area contributed by atoms with Crippen LogP contribution in [0.25, 0.3) is 0 Å². The van der Waals surface area contributed by atoms with Crippen molar-refractivity contribution in [2.75, 3.05) is 6.54 Å². The van der Waals surface area contributed by atoms with Gasteiger partial charge in [-0.05, 0) is 48.8 Å². The maximum Gasteiger partial charge on any atom is 0.326 e. The number of carboxylic acid groups (broad SMARTS) is 3. The third-order valence-corrected chi connectivity index (χ3v) is 9.62. The van der Waals surface area contributed by atoms with Gasteiger partial charge >= 0.3 is 17.9 Å². The van der Waals surface area contributed by atoms with E-state index < -0.39 is 133 Å². The zero-order valence-corrected chi connectivity index (χ0v) is 34.0. The molecule has 8 atom stereocenters. The molecular weight excluding hydrogens is 792 g/mol. The van der Waals surface area contributed by atoms with Crippen molar-refractivity contribution >= 4 is 59.3 Å². The Hall–Kier alpha value is -6.32. The summed E-state index contributed by atoms with van der Waals surface area (Å²) in [6.45, 7) is 5.88. The summed E-state index contributed by atoms with van der Waals surface area (Å²) in [5, 5.41) is 51.9. The number of benzene rings is 1. The van der Waals surface area contributed by atoms with Crippen LogP contribution in [0.15, 0.2) is 24.3 Å². The van der Waals surface area contributed by atoms with E-state index in [1.165, 1.54) is 24.3 Å². The van der Waals surface area contributed by atoms with Gasteiger partial charge in [-0.3, -0.25) is 43.2 Å². The maximum atomic E-state index is 13.9. The monoisotopic (exact) mass is 850 g/mol. The van der Waals surface area contributed by atoms with Gasteiger partial charge in [0.25, 0.3) is 0 Å². The summed E-state index contributed by atoms with van der Waals surface area (Å²) in [4.78, 5) is 126. The fraction of sp³-hybridized carbons (Fsp3) is 0.579. The lowest BCUT2D eigenvalue weighted by Crippen LogP contribution is -2.60.